The van der Waals surface area contributed by atoms with E-state index in [0.29, 0.717) is 12.1 Å². The molecule has 0 aliphatic heterocycles. The molecule has 1 aliphatic carbocycles. The Bertz CT molecular complexity index is 1470. The van der Waals surface area contributed by atoms with Gasteiger partial charge in [-0.25, -0.2) is 4.68 Å². The van der Waals surface area contributed by atoms with Gasteiger partial charge in [-0.05, 0) is 41.5 Å². The van der Waals surface area contributed by atoms with Gasteiger partial charge < -0.3 is 0 Å². The summed E-state index contributed by atoms with van der Waals surface area (Å²) in [4.78, 5) is 25.7. The molecule has 176 valence electrons. The summed E-state index contributed by atoms with van der Waals surface area (Å²) in [7, 11) is 0. The van der Waals surface area contributed by atoms with E-state index in [1.807, 2.05) is 0 Å². The number of rotatable bonds is 2. The third kappa shape index (κ3) is 3.78. The molecule has 0 unspecified atom stereocenters. The van der Waals surface area contributed by atoms with E-state index in [2.05, 4.69) is 10.3 Å². The third-order valence-electron chi connectivity index (χ3n) is 5.55. The summed E-state index contributed by atoms with van der Waals surface area (Å²) < 4.78 is 80.3. The second-order valence-corrected chi connectivity index (χ2v) is 7.74. The van der Waals surface area contributed by atoms with Crippen molar-refractivity contribution in [3.63, 3.8) is 0 Å². The number of halogens is 6. The molecular weight excluding hydrogens is 476 g/mol. The van der Waals surface area contributed by atoms with E-state index in [1.165, 1.54) is 36.4 Å². The predicted molar refractivity (Wildman–Crippen MR) is 110 cm³/mol. The van der Waals surface area contributed by atoms with Gasteiger partial charge in [0, 0.05) is 11.1 Å². The van der Waals surface area contributed by atoms with Crippen molar-refractivity contribution in [2.24, 2.45) is 0 Å². The van der Waals surface area contributed by atoms with Crippen molar-refractivity contribution < 1.29 is 35.9 Å². The van der Waals surface area contributed by atoms with Crippen LogP contribution in [-0.4, -0.2) is 26.6 Å². The largest absolute Gasteiger partial charge is 0.416 e. The van der Waals surface area contributed by atoms with E-state index < -0.39 is 35.0 Å². The summed E-state index contributed by atoms with van der Waals surface area (Å²) in [5.74, 6) is -0.973. The average molecular weight is 487 g/mol. The smallest absolute Gasteiger partial charge is 0.287 e. The standard InChI is InChI=1S/C24H11F6N3O2/c25-23(26,27)14-9-13(10-15(11-14)24(28,29)30)12-5-7-16(8-6-12)33-20-19(31-32-33)21(34)17-3-1-2-4-18(17)22(20)35/h1-11H. The molecule has 11 heteroatoms. The fraction of sp³-hybridized carbons (Fsp3) is 0.0833. The fourth-order valence-electron chi connectivity index (χ4n) is 3.87. The van der Waals surface area contributed by atoms with E-state index in [9.17, 15) is 35.9 Å². The number of hydrogen-bond acceptors (Lipinski definition) is 4. The van der Waals surface area contributed by atoms with Gasteiger partial charge in [0.25, 0.3) is 0 Å². The van der Waals surface area contributed by atoms with E-state index in [-0.39, 0.29) is 45.4 Å². The first-order valence-corrected chi connectivity index (χ1v) is 9.99. The van der Waals surface area contributed by atoms with Crippen molar-refractivity contribution in [2.45, 2.75) is 12.4 Å². The molecule has 0 fully saturated rings. The normalized spacial score (nSPS) is 13.5. The van der Waals surface area contributed by atoms with Crippen LogP contribution in [0.4, 0.5) is 26.3 Å². The molecule has 4 aromatic rings. The van der Waals surface area contributed by atoms with Crippen molar-refractivity contribution in [2.75, 3.05) is 0 Å². The summed E-state index contributed by atoms with van der Waals surface area (Å²) in [5.41, 5.74) is -2.70. The van der Waals surface area contributed by atoms with Crippen LogP contribution in [0.3, 0.4) is 0 Å². The zero-order valence-corrected chi connectivity index (χ0v) is 17.3. The van der Waals surface area contributed by atoms with Gasteiger partial charge in [0.15, 0.2) is 5.69 Å². The molecule has 1 heterocycles. The van der Waals surface area contributed by atoms with Gasteiger partial charge in [0.2, 0.25) is 11.6 Å². The summed E-state index contributed by atoms with van der Waals surface area (Å²) in [5, 5.41) is 7.69. The Morgan fingerprint density at radius 3 is 1.74 bits per heavy atom. The Balaban J connectivity index is 1.56. The lowest BCUT2D eigenvalue weighted by atomic mass is 9.90. The molecule has 5 nitrogen and oxygen atoms in total. The molecule has 0 spiro atoms. The Kier molecular flexibility index (Phi) is 4.90. The maximum Gasteiger partial charge on any atom is 0.416 e. The molecule has 0 radical (unpaired) electrons. The number of alkyl halides is 6. The number of hydrogen-bond donors (Lipinski definition) is 0. The zero-order valence-electron chi connectivity index (χ0n) is 17.3. The van der Waals surface area contributed by atoms with Crippen molar-refractivity contribution in [3.8, 4) is 16.8 Å². The number of nitrogens with zero attached hydrogens (tertiary/aromatic N) is 3. The number of carbonyl (C=O) groups excluding carboxylic acids is 2. The lowest BCUT2D eigenvalue weighted by Gasteiger charge is -2.15. The van der Waals surface area contributed by atoms with Crippen LogP contribution in [0.2, 0.25) is 0 Å². The molecule has 0 atom stereocenters. The Morgan fingerprint density at radius 1 is 0.657 bits per heavy atom. The maximum absolute atomic E-state index is 13.2. The topological polar surface area (TPSA) is 64.8 Å². The molecule has 0 bridgehead atoms. The number of aromatic nitrogens is 3. The van der Waals surface area contributed by atoms with Gasteiger partial charge in [0.05, 0.1) is 16.8 Å². The lowest BCUT2D eigenvalue weighted by Crippen LogP contribution is -2.22. The van der Waals surface area contributed by atoms with Gasteiger partial charge in [-0.1, -0.05) is 41.6 Å². The first-order valence-electron chi connectivity index (χ1n) is 9.99. The SMILES string of the molecule is O=C1c2ccccc2C(=O)c2c1nnn2-c1ccc(-c2cc(C(F)(F)F)cc(C(F)(F)F)c2)cc1. The number of benzene rings is 3. The van der Waals surface area contributed by atoms with Gasteiger partial charge >= 0.3 is 12.4 Å². The fourth-order valence-corrected chi connectivity index (χ4v) is 3.87. The average Bonchev–Trinajstić information content (AvgIpc) is 3.27. The highest BCUT2D eigenvalue weighted by molar-refractivity contribution is 6.27. The monoisotopic (exact) mass is 487 g/mol. The van der Waals surface area contributed by atoms with Crippen molar-refractivity contribution >= 4 is 11.6 Å². The second kappa shape index (κ2) is 7.62. The predicted octanol–water partition coefficient (Wildman–Crippen LogP) is 5.75. The molecule has 1 aliphatic rings. The molecule has 35 heavy (non-hydrogen) atoms. The summed E-state index contributed by atoms with van der Waals surface area (Å²) in [6.45, 7) is 0. The Morgan fingerprint density at radius 2 is 1.20 bits per heavy atom. The lowest BCUT2D eigenvalue weighted by molar-refractivity contribution is -0.143. The molecule has 0 N–H and O–H groups in total. The first-order chi connectivity index (χ1) is 16.4. The number of ketones is 2. The molecule has 0 saturated carbocycles. The molecule has 3 aromatic carbocycles. The zero-order chi connectivity index (χ0) is 25.1. The van der Waals surface area contributed by atoms with E-state index in [4.69, 9.17) is 0 Å². The highest BCUT2D eigenvalue weighted by Gasteiger charge is 2.37. The number of fused-ring (bicyclic) bond motifs is 2. The van der Waals surface area contributed by atoms with Crippen molar-refractivity contribution in [1.29, 1.82) is 0 Å². The van der Waals surface area contributed by atoms with Crippen LogP contribution in [0.5, 0.6) is 0 Å². The summed E-state index contributed by atoms with van der Waals surface area (Å²) in [6, 6.07) is 12.8. The van der Waals surface area contributed by atoms with Crippen molar-refractivity contribution in [3.05, 3.63) is 100 Å². The van der Waals surface area contributed by atoms with E-state index in [1.54, 1.807) is 12.1 Å². The summed E-state index contributed by atoms with van der Waals surface area (Å²) >= 11 is 0. The Hall–Kier alpha value is -4.28. The van der Waals surface area contributed by atoms with Gasteiger partial charge in [-0.3, -0.25) is 9.59 Å². The summed E-state index contributed by atoms with van der Waals surface area (Å²) in [6.07, 6.45) is -9.95. The minimum absolute atomic E-state index is 0.0556. The van der Waals surface area contributed by atoms with Gasteiger partial charge in [-0.15, -0.1) is 5.10 Å². The van der Waals surface area contributed by atoms with Crippen LogP contribution in [0.25, 0.3) is 16.8 Å². The first kappa shape index (κ1) is 22.5. The molecule has 0 amide bonds. The van der Waals surface area contributed by atoms with Crippen LogP contribution >= 0.6 is 0 Å². The van der Waals surface area contributed by atoms with Crippen molar-refractivity contribution in [1.82, 2.24) is 15.0 Å². The Labute approximate surface area is 192 Å². The minimum atomic E-state index is -4.97. The van der Waals surface area contributed by atoms with Crippen LogP contribution in [0, 0.1) is 0 Å². The highest BCUT2D eigenvalue weighted by Crippen LogP contribution is 2.39. The minimum Gasteiger partial charge on any atom is -0.287 e. The molecule has 1 aromatic heterocycles. The molecule has 0 saturated heterocycles. The molecular formula is C24H11F6N3O2. The quantitative estimate of drug-likeness (QED) is 0.298. The van der Waals surface area contributed by atoms with Crippen LogP contribution in [0.15, 0.2) is 66.7 Å². The third-order valence-corrected chi connectivity index (χ3v) is 5.55. The maximum atomic E-state index is 13.2. The van der Waals surface area contributed by atoms with E-state index in [0.717, 1.165) is 4.68 Å². The highest BCUT2D eigenvalue weighted by atomic mass is 19.4. The van der Waals surface area contributed by atoms with Gasteiger partial charge in [-0.2, -0.15) is 26.3 Å². The second-order valence-electron chi connectivity index (χ2n) is 7.74. The van der Waals surface area contributed by atoms with Crippen LogP contribution < -0.4 is 0 Å². The van der Waals surface area contributed by atoms with E-state index >= 15 is 0 Å². The number of carbonyl (C=O) groups is 2. The molecule has 5 rings (SSSR count). The van der Waals surface area contributed by atoms with Gasteiger partial charge in [0.1, 0.15) is 5.69 Å². The van der Waals surface area contributed by atoms with Crippen LogP contribution in [0.1, 0.15) is 43.2 Å². The van der Waals surface area contributed by atoms with Crippen LogP contribution in [-0.2, 0) is 12.4 Å².